The van der Waals surface area contributed by atoms with E-state index in [0.29, 0.717) is 0 Å². The molecule has 0 aliphatic carbocycles. The average molecular weight is 385 g/mol. The van der Waals surface area contributed by atoms with E-state index in [1.165, 1.54) is 0 Å². The van der Waals surface area contributed by atoms with Crippen LogP contribution in [0.2, 0.25) is 0 Å². The second-order valence-corrected chi connectivity index (χ2v) is 9.07. The fourth-order valence-electron chi connectivity index (χ4n) is 1.70. The lowest BCUT2D eigenvalue weighted by Gasteiger charge is -2.18. The van der Waals surface area contributed by atoms with E-state index in [0.717, 1.165) is 41.8 Å². The molecule has 134 valence electrons. The monoisotopic (exact) mass is 385 g/mol. The third-order valence-corrected chi connectivity index (χ3v) is 5.86. The molecule has 1 aromatic carbocycles. The molecule has 2 aromatic rings. The number of hydrogen-bond acceptors (Lipinski definition) is 8. The molecule has 9 nitrogen and oxygen atoms in total. The van der Waals surface area contributed by atoms with Crippen molar-refractivity contribution in [2.24, 2.45) is 0 Å². The number of aromatic nitrogens is 1. The number of nitrogens with one attached hydrogen (secondary N) is 1. The highest BCUT2D eigenvalue weighted by Gasteiger charge is 2.23. The van der Waals surface area contributed by atoms with Gasteiger partial charge in [0.25, 0.3) is 5.69 Å². The van der Waals surface area contributed by atoms with Crippen LogP contribution in [0.25, 0.3) is 0 Å². The summed E-state index contributed by atoms with van der Waals surface area (Å²) in [6.45, 7) is 5.08. The van der Waals surface area contributed by atoms with Gasteiger partial charge in [-0.05, 0) is 32.9 Å². The molecule has 25 heavy (non-hydrogen) atoms. The third-order valence-electron chi connectivity index (χ3n) is 2.72. The van der Waals surface area contributed by atoms with Crippen LogP contribution in [0.3, 0.4) is 0 Å². The number of thiazole rings is 1. The van der Waals surface area contributed by atoms with E-state index in [9.17, 15) is 23.3 Å². The zero-order valence-electron chi connectivity index (χ0n) is 13.5. The third kappa shape index (κ3) is 4.73. The standard InChI is InChI=1S/C14H15N3O6S2/c1-14(2,3)23-13(18)16-12-15-8-11(24-12)25(21,22)10-6-4-9(5-7-10)17(19)20/h4-8H,1-3H3,(H,15,16,18). The summed E-state index contributed by atoms with van der Waals surface area (Å²) in [4.78, 5) is 25.4. The van der Waals surface area contributed by atoms with Gasteiger partial charge in [0.1, 0.15) is 9.81 Å². The molecule has 0 unspecified atom stereocenters. The Bertz CT molecular complexity index is 897. The fraction of sp³-hybridized carbons (Fsp3) is 0.286. The molecule has 1 aromatic heterocycles. The number of carbonyl (C=O) groups excluding carboxylic acids is 1. The molecule has 0 saturated heterocycles. The quantitative estimate of drug-likeness (QED) is 0.632. The maximum atomic E-state index is 12.5. The van der Waals surface area contributed by atoms with Gasteiger partial charge in [0.2, 0.25) is 9.84 Å². The van der Waals surface area contributed by atoms with E-state index < -0.39 is 26.5 Å². The van der Waals surface area contributed by atoms with Gasteiger partial charge in [0.15, 0.2) is 5.13 Å². The highest BCUT2D eigenvalue weighted by atomic mass is 32.2. The van der Waals surface area contributed by atoms with Crippen LogP contribution in [-0.4, -0.2) is 30.0 Å². The van der Waals surface area contributed by atoms with Crippen LogP contribution in [0.5, 0.6) is 0 Å². The molecular formula is C14H15N3O6S2. The number of nitro benzene ring substituents is 1. The van der Waals surface area contributed by atoms with Crippen molar-refractivity contribution in [3.63, 3.8) is 0 Å². The molecule has 2 rings (SSSR count). The molecule has 0 aliphatic rings. The van der Waals surface area contributed by atoms with Crippen LogP contribution >= 0.6 is 11.3 Å². The summed E-state index contributed by atoms with van der Waals surface area (Å²) in [5.74, 6) is 0. The minimum Gasteiger partial charge on any atom is -0.444 e. The Morgan fingerprint density at radius 2 is 1.88 bits per heavy atom. The fourth-order valence-corrected chi connectivity index (χ4v) is 4.11. The van der Waals surface area contributed by atoms with Gasteiger partial charge in [-0.2, -0.15) is 0 Å². The van der Waals surface area contributed by atoms with Crippen molar-refractivity contribution in [1.82, 2.24) is 4.98 Å². The van der Waals surface area contributed by atoms with Crippen molar-refractivity contribution in [3.05, 3.63) is 40.6 Å². The number of non-ortho nitro benzene ring substituents is 1. The Morgan fingerprint density at radius 1 is 1.28 bits per heavy atom. The summed E-state index contributed by atoms with van der Waals surface area (Å²) in [7, 11) is -3.89. The SMILES string of the molecule is CC(C)(C)OC(=O)Nc1ncc(S(=O)(=O)c2ccc([N+](=O)[O-])cc2)s1. The van der Waals surface area contributed by atoms with Crippen LogP contribution in [-0.2, 0) is 14.6 Å². The van der Waals surface area contributed by atoms with Crippen molar-refractivity contribution >= 4 is 38.1 Å². The molecule has 1 N–H and O–H groups in total. The number of nitro groups is 1. The van der Waals surface area contributed by atoms with Crippen molar-refractivity contribution in [2.75, 3.05) is 5.32 Å². The Hall–Kier alpha value is -2.53. The number of rotatable bonds is 4. The summed E-state index contributed by atoms with van der Waals surface area (Å²) >= 11 is 0.755. The van der Waals surface area contributed by atoms with Gasteiger partial charge in [0.05, 0.1) is 16.0 Å². The number of amides is 1. The van der Waals surface area contributed by atoms with Crippen molar-refractivity contribution in [1.29, 1.82) is 0 Å². The van der Waals surface area contributed by atoms with Gasteiger partial charge in [-0.3, -0.25) is 15.4 Å². The van der Waals surface area contributed by atoms with Crippen molar-refractivity contribution < 1.29 is 22.9 Å². The lowest BCUT2D eigenvalue weighted by atomic mass is 10.2. The molecule has 1 heterocycles. The lowest BCUT2D eigenvalue weighted by Crippen LogP contribution is -2.27. The van der Waals surface area contributed by atoms with E-state index in [1.807, 2.05) is 0 Å². The summed E-state index contributed by atoms with van der Waals surface area (Å²) in [5.41, 5.74) is -0.912. The molecule has 0 atom stereocenters. The first kappa shape index (κ1) is 18.8. The van der Waals surface area contributed by atoms with Gasteiger partial charge in [0, 0.05) is 12.1 Å². The Kier molecular flexibility index (Phi) is 5.09. The number of ether oxygens (including phenoxy) is 1. The number of hydrogen-bond donors (Lipinski definition) is 1. The minimum absolute atomic E-state index is 0.0646. The van der Waals surface area contributed by atoms with Gasteiger partial charge in [-0.15, -0.1) is 0 Å². The Morgan fingerprint density at radius 3 is 2.40 bits per heavy atom. The van der Waals surface area contributed by atoms with Gasteiger partial charge in [-0.1, -0.05) is 11.3 Å². The molecule has 0 radical (unpaired) electrons. The molecule has 1 amide bonds. The van der Waals surface area contributed by atoms with E-state index in [4.69, 9.17) is 4.74 Å². The zero-order chi connectivity index (χ0) is 18.8. The highest BCUT2D eigenvalue weighted by molar-refractivity contribution is 7.93. The normalized spacial score (nSPS) is 11.8. The largest absolute Gasteiger partial charge is 0.444 e. The predicted octanol–water partition coefficient (Wildman–Crippen LogP) is 3.23. The Balaban J connectivity index is 2.20. The molecule has 0 bridgehead atoms. The molecule has 0 spiro atoms. The molecule has 0 aliphatic heterocycles. The van der Waals surface area contributed by atoms with Crippen LogP contribution in [0.1, 0.15) is 20.8 Å². The van der Waals surface area contributed by atoms with Crippen LogP contribution in [0.4, 0.5) is 15.6 Å². The number of nitrogens with zero attached hydrogens (tertiary/aromatic N) is 2. The maximum Gasteiger partial charge on any atom is 0.413 e. The summed E-state index contributed by atoms with van der Waals surface area (Å²) in [6.07, 6.45) is 0.356. The summed E-state index contributed by atoms with van der Waals surface area (Å²) in [6, 6.07) is 4.50. The first-order chi connectivity index (χ1) is 11.5. The smallest absolute Gasteiger partial charge is 0.413 e. The number of benzene rings is 1. The highest BCUT2D eigenvalue weighted by Crippen LogP contribution is 2.29. The first-order valence-electron chi connectivity index (χ1n) is 6.94. The topological polar surface area (TPSA) is 128 Å². The van der Waals surface area contributed by atoms with Crippen LogP contribution in [0, 0.1) is 10.1 Å². The molecule has 0 fully saturated rings. The zero-order valence-corrected chi connectivity index (χ0v) is 15.2. The van der Waals surface area contributed by atoms with E-state index in [-0.39, 0.29) is 19.9 Å². The van der Waals surface area contributed by atoms with Gasteiger partial charge in [-0.25, -0.2) is 18.2 Å². The maximum absolute atomic E-state index is 12.5. The lowest BCUT2D eigenvalue weighted by molar-refractivity contribution is -0.384. The summed E-state index contributed by atoms with van der Waals surface area (Å²) in [5, 5.41) is 13.1. The predicted molar refractivity (Wildman–Crippen MR) is 90.5 cm³/mol. The van der Waals surface area contributed by atoms with Gasteiger partial charge < -0.3 is 4.74 Å². The van der Waals surface area contributed by atoms with E-state index >= 15 is 0 Å². The second-order valence-electron chi connectivity index (χ2n) is 5.87. The van der Waals surface area contributed by atoms with Crippen LogP contribution in [0.15, 0.2) is 39.6 Å². The molecule has 11 heteroatoms. The second kappa shape index (κ2) is 6.76. The summed E-state index contributed by atoms with van der Waals surface area (Å²) < 4.78 is 30.0. The van der Waals surface area contributed by atoms with E-state index in [1.54, 1.807) is 20.8 Å². The minimum atomic E-state index is -3.89. The molecule has 0 saturated carbocycles. The first-order valence-corrected chi connectivity index (χ1v) is 9.24. The van der Waals surface area contributed by atoms with E-state index in [2.05, 4.69) is 10.3 Å². The number of carbonyl (C=O) groups is 1. The number of sulfone groups is 1. The van der Waals surface area contributed by atoms with Gasteiger partial charge >= 0.3 is 6.09 Å². The molecular weight excluding hydrogens is 370 g/mol. The average Bonchev–Trinajstić information content (AvgIpc) is 2.94. The number of anilines is 1. The van der Waals surface area contributed by atoms with Crippen molar-refractivity contribution in [3.8, 4) is 0 Å². The van der Waals surface area contributed by atoms with Crippen LogP contribution < -0.4 is 5.32 Å². The Labute approximate surface area is 147 Å². The van der Waals surface area contributed by atoms with Crippen molar-refractivity contribution in [2.45, 2.75) is 35.5 Å².